The van der Waals surface area contributed by atoms with E-state index in [1.54, 1.807) is 43.3 Å². The van der Waals surface area contributed by atoms with Crippen molar-refractivity contribution >= 4 is 21.8 Å². The molecule has 7 nitrogen and oxygen atoms in total. The summed E-state index contributed by atoms with van der Waals surface area (Å²) in [7, 11) is -0.542. The van der Waals surface area contributed by atoms with Crippen molar-refractivity contribution in [2.75, 3.05) is 27.2 Å². The van der Waals surface area contributed by atoms with Crippen molar-refractivity contribution in [2.24, 2.45) is 5.92 Å². The quantitative estimate of drug-likeness (QED) is 0.736. The highest BCUT2D eigenvalue weighted by Crippen LogP contribution is 2.25. The second kappa shape index (κ2) is 9.57. The van der Waals surface area contributed by atoms with E-state index in [0.29, 0.717) is 31.5 Å². The average molecular weight is 448 g/mol. The van der Waals surface area contributed by atoms with E-state index in [9.17, 15) is 22.4 Å². The molecule has 1 aliphatic heterocycles. The minimum Gasteiger partial charge on any atom is -0.355 e. The maximum atomic E-state index is 13.2. The van der Waals surface area contributed by atoms with Crippen LogP contribution in [-0.4, -0.2) is 56.6 Å². The second-order valence-corrected chi connectivity index (χ2v) is 9.56. The molecule has 0 aliphatic carbocycles. The molecular weight excluding hydrogens is 421 g/mol. The molecule has 1 N–H and O–H groups in total. The zero-order valence-electron chi connectivity index (χ0n) is 17.5. The van der Waals surface area contributed by atoms with E-state index < -0.39 is 21.8 Å². The van der Waals surface area contributed by atoms with E-state index in [2.05, 4.69) is 5.32 Å². The van der Waals surface area contributed by atoms with Crippen molar-refractivity contribution in [1.29, 1.82) is 0 Å². The minimum absolute atomic E-state index is 0.0200. The molecule has 9 heteroatoms. The number of halogens is 1. The Morgan fingerprint density at radius 2 is 1.77 bits per heavy atom. The van der Waals surface area contributed by atoms with Gasteiger partial charge in [-0.3, -0.25) is 9.59 Å². The Balaban J connectivity index is 1.66. The Bertz CT molecular complexity index is 1040. The van der Waals surface area contributed by atoms with E-state index in [0.717, 1.165) is 17.7 Å². The predicted molar refractivity (Wildman–Crippen MR) is 114 cm³/mol. The van der Waals surface area contributed by atoms with E-state index in [4.69, 9.17) is 0 Å². The van der Waals surface area contributed by atoms with Crippen LogP contribution in [-0.2, 0) is 21.4 Å². The van der Waals surface area contributed by atoms with Gasteiger partial charge in [-0.05, 0) is 54.8 Å². The molecule has 0 saturated carbocycles. The number of benzene rings is 2. The smallest absolute Gasteiger partial charge is 0.251 e. The topological polar surface area (TPSA) is 86.8 Å². The summed E-state index contributed by atoms with van der Waals surface area (Å²) in [4.78, 5) is 26.2. The standard InChI is InChI=1S/C22H26FN3O4S/c1-24-21(27)17-7-5-16(6-8-17)14-25(2)22(28)18-4-3-13-26(15-18)31(29,30)20-11-9-19(23)10-12-20/h5-12,18H,3-4,13-15H2,1-2H3,(H,24,27). The van der Waals surface area contributed by atoms with Crippen molar-refractivity contribution in [3.63, 3.8) is 0 Å². The molecule has 0 radical (unpaired) electrons. The van der Waals surface area contributed by atoms with Gasteiger partial charge >= 0.3 is 0 Å². The maximum Gasteiger partial charge on any atom is 0.251 e. The van der Waals surface area contributed by atoms with Gasteiger partial charge in [-0.1, -0.05) is 12.1 Å². The third kappa shape index (κ3) is 5.29. The first-order valence-corrected chi connectivity index (χ1v) is 11.5. The van der Waals surface area contributed by atoms with Gasteiger partial charge in [0, 0.05) is 39.3 Å². The van der Waals surface area contributed by atoms with Gasteiger partial charge in [-0.2, -0.15) is 4.31 Å². The molecule has 1 saturated heterocycles. The molecule has 0 bridgehead atoms. The number of piperidine rings is 1. The highest BCUT2D eigenvalue weighted by atomic mass is 32.2. The van der Waals surface area contributed by atoms with E-state index in [-0.39, 0.29) is 23.3 Å². The van der Waals surface area contributed by atoms with Gasteiger partial charge < -0.3 is 10.2 Å². The molecule has 1 fully saturated rings. The zero-order chi connectivity index (χ0) is 22.6. The molecular formula is C22H26FN3O4S. The molecule has 1 atom stereocenters. The number of nitrogens with one attached hydrogen (secondary N) is 1. The lowest BCUT2D eigenvalue weighted by molar-refractivity contribution is -0.135. The lowest BCUT2D eigenvalue weighted by Gasteiger charge is -2.33. The number of sulfonamides is 1. The summed E-state index contributed by atoms with van der Waals surface area (Å²) in [6.07, 6.45) is 1.18. The number of carbonyl (C=O) groups is 2. The van der Waals surface area contributed by atoms with Crippen LogP contribution in [0.5, 0.6) is 0 Å². The largest absolute Gasteiger partial charge is 0.355 e. The molecule has 2 aromatic rings. The van der Waals surface area contributed by atoms with Gasteiger partial charge in [0.1, 0.15) is 5.82 Å². The lowest BCUT2D eigenvalue weighted by Crippen LogP contribution is -2.45. The van der Waals surface area contributed by atoms with Crippen molar-refractivity contribution in [3.05, 3.63) is 65.5 Å². The van der Waals surface area contributed by atoms with Gasteiger partial charge in [-0.15, -0.1) is 0 Å². The van der Waals surface area contributed by atoms with Crippen molar-refractivity contribution in [1.82, 2.24) is 14.5 Å². The van der Waals surface area contributed by atoms with Gasteiger partial charge in [0.15, 0.2) is 0 Å². The summed E-state index contributed by atoms with van der Waals surface area (Å²) in [5.74, 6) is -1.26. The van der Waals surface area contributed by atoms with Gasteiger partial charge in [-0.25, -0.2) is 12.8 Å². The Kier molecular flexibility index (Phi) is 7.07. The monoisotopic (exact) mass is 447 g/mol. The fourth-order valence-electron chi connectivity index (χ4n) is 3.69. The fourth-order valence-corrected chi connectivity index (χ4v) is 5.21. The number of amides is 2. The van der Waals surface area contributed by atoms with Crippen LogP contribution in [0.3, 0.4) is 0 Å². The average Bonchev–Trinajstić information content (AvgIpc) is 2.79. The molecule has 2 amide bonds. The molecule has 0 spiro atoms. The van der Waals surface area contributed by atoms with Crippen molar-refractivity contribution in [3.8, 4) is 0 Å². The first kappa shape index (κ1) is 22.9. The van der Waals surface area contributed by atoms with Crippen LogP contribution in [0.25, 0.3) is 0 Å². The second-order valence-electron chi connectivity index (χ2n) is 7.63. The van der Waals surface area contributed by atoms with Crippen LogP contribution >= 0.6 is 0 Å². The third-order valence-corrected chi connectivity index (χ3v) is 7.30. The van der Waals surface area contributed by atoms with Gasteiger partial charge in [0.05, 0.1) is 10.8 Å². The highest BCUT2D eigenvalue weighted by Gasteiger charge is 2.34. The molecule has 31 heavy (non-hydrogen) atoms. The summed E-state index contributed by atoms with van der Waals surface area (Å²) in [6, 6.07) is 11.7. The molecule has 1 heterocycles. The minimum atomic E-state index is -3.79. The Labute approximate surface area is 181 Å². The first-order chi connectivity index (χ1) is 14.7. The summed E-state index contributed by atoms with van der Waals surface area (Å²) >= 11 is 0. The molecule has 166 valence electrons. The van der Waals surface area contributed by atoms with E-state index in [1.165, 1.54) is 16.4 Å². The summed E-state index contributed by atoms with van der Waals surface area (Å²) in [6.45, 7) is 0.778. The maximum absolute atomic E-state index is 13.2. The van der Waals surface area contributed by atoms with Gasteiger partial charge in [0.2, 0.25) is 15.9 Å². The van der Waals surface area contributed by atoms with E-state index in [1.807, 2.05) is 0 Å². The Morgan fingerprint density at radius 1 is 1.13 bits per heavy atom. The third-order valence-electron chi connectivity index (χ3n) is 5.42. The molecule has 3 rings (SSSR count). The summed E-state index contributed by atoms with van der Waals surface area (Å²) in [5.41, 5.74) is 1.41. The summed E-state index contributed by atoms with van der Waals surface area (Å²) < 4.78 is 40.2. The molecule has 1 aliphatic rings. The fraction of sp³-hybridized carbons (Fsp3) is 0.364. The van der Waals surface area contributed by atoms with Crippen LogP contribution in [0, 0.1) is 11.7 Å². The van der Waals surface area contributed by atoms with Crippen LogP contribution in [0.2, 0.25) is 0 Å². The Hall–Kier alpha value is -2.78. The molecule has 1 unspecified atom stereocenters. The molecule has 0 aromatic heterocycles. The van der Waals surface area contributed by atoms with Crippen LogP contribution in [0.15, 0.2) is 53.4 Å². The van der Waals surface area contributed by atoms with Crippen LogP contribution < -0.4 is 5.32 Å². The lowest BCUT2D eigenvalue weighted by atomic mass is 9.98. The number of hydrogen-bond acceptors (Lipinski definition) is 4. The van der Waals surface area contributed by atoms with Crippen LogP contribution in [0.4, 0.5) is 4.39 Å². The SMILES string of the molecule is CNC(=O)c1ccc(CN(C)C(=O)C2CCCN(S(=O)(=O)c3ccc(F)cc3)C2)cc1. The number of rotatable bonds is 6. The van der Waals surface area contributed by atoms with Crippen molar-refractivity contribution < 1.29 is 22.4 Å². The van der Waals surface area contributed by atoms with Crippen LogP contribution in [0.1, 0.15) is 28.8 Å². The Morgan fingerprint density at radius 3 is 2.39 bits per heavy atom. The molecule has 2 aromatic carbocycles. The van der Waals surface area contributed by atoms with Crippen molar-refractivity contribution in [2.45, 2.75) is 24.3 Å². The summed E-state index contributed by atoms with van der Waals surface area (Å²) in [5, 5.41) is 2.56. The predicted octanol–water partition coefficient (Wildman–Crippen LogP) is 2.24. The normalized spacial score (nSPS) is 17.2. The first-order valence-electron chi connectivity index (χ1n) is 10.0. The number of nitrogens with zero attached hydrogens (tertiary/aromatic N) is 2. The number of carbonyl (C=O) groups excluding carboxylic acids is 2. The van der Waals surface area contributed by atoms with E-state index >= 15 is 0 Å². The van der Waals surface area contributed by atoms with Gasteiger partial charge in [0.25, 0.3) is 5.91 Å². The zero-order valence-corrected chi connectivity index (χ0v) is 18.4. The number of hydrogen-bond donors (Lipinski definition) is 1. The highest BCUT2D eigenvalue weighted by molar-refractivity contribution is 7.89.